The molecule has 3 aromatic rings. The van der Waals surface area contributed by atoms with Gasteiger partial charge >= 0.3 is 0 Å². The molecule has 1 saturated heterocycles. The fraction of sp³-hybridized carbons (Fsp3) is 0.190. The van der Waals surface area contributed by atoms with Crippen LogP contribution >= 0.6 is 22.6 Å². The Hall–Kier alpha value is -2.92. The topological polar surface area (TPSA) is 102 Å². The Labute approximate surface area is 187 Å². The van der Waals surface area contributed by atoms with Gasteiger partial charge in [-0.05, 0) is 59.0 Å². The molecule has 3 N–H and O–H groups in total. The summed E-state index contributed by atoms with van der Waals surface area (Å²) in [6, 6.07) is 12.7. The molecule has 1 aromatic heterocycles. The molecule has 9 heteroatoms. The summed E-state index contributed by atoms with van der Waals surface area (Å²) >= 11 is 2.11. The van der Waals surface area contributed by atoms with E-state index in [2.05, 4.69) is 33.0 Å². The van der Waals surface area contributed by atoms with Crippen LogP contribution < -0.4 is 11.1 Å². The maximum atomic E-state index is 12.6. The molecular weight excluding hydrogens is 497 g/mol. The predicted octanol–water partition coefficient (Wildman–Crippen LogP) is 3.09. The highest BCUT2D eigenvalue weighted by Gasteiger charge is 2.18. The summed E-state index contributed by atoms with van der Waals surface area (Å²) in [5.74, 6) is 0.465. The monoisotopic (exact) mass is 517 g/mol. The average Bonchev–Trinajstić information content (AvgIpc) is 3.14. The van der Waals surface area contributed by atoms with Crippen LogP contribution in [0, 0.1) is 3.57 Å². The highest BCUT2D eigenvalue weighted by atomic mass is 127. The number of amides is 1. The van der Waals surface area contributed by atoms with Crippen LogP contribution in [0.4, 0.5) is 17.2 Å². The van der Waals surface area contributed by atoms with E-state index in [1.807, 2.05) is 30.3 Å². The molecule has 1 aliphatic rings. The molecule has 1 fully saturated rings. The number of nitrogens with one attached hydrogen (secondary N) is 1. The first-order chi connectivity index (χ1) is 14.6. The Kier molecular flexibility index (Phi) is 6.00. The van der Waals surface area contributed by atoms with E-state index in [0.29, 0.717) is 54.6 Å². The Balaban J connectivity index is 1.52. The molecule has 1 aliphatic heterocycles. The number of halogens is 1. The number of benzene rings is 2. The molecule has 1 amide bonds. The van der Waals surface area contributed by atoms with Gasteiger partial charge in [0.1, 0.15) is 0 Å². The number of carbonyl (C=O) groups is 2. The van der Waals surface area contributed by atoms with Crippen LogP contribution in [0.5, 0.6) is 0 Å². The number of nitrogens with two attached hydrogens (primary N) is 1. The molecule has 0 unspecified atom stereocenters. The van der Waals surface area contributed by atoms with Gasteiger partial charge in [-0.2, -0.15) is 0 Å². The summed E-state index contributed by atoms with van der Waals surface area (Å²) < 4.78 is 7.71. The maximum absolute atomic E-state index is 12.6. The third kappa shape index (κ3) is 4.17. The van der Waals surface area contributed by atoms with Gasteiger partial charge in [-0.1, -0.05) is 6.07 Å². The summed E-state index contributed by atoms with van der Waals surface area (Å²) in [6.45, 7) is 2.35. The van der Waals surface area contributed by atoms with Crippen LogP contribution in [0.15, 0.2) is 48.7 Å². The van der Waals surface area contributed by atoms with Gasteiger partial charge < -0.3 is 20.7 Å². The first-order valence-corrected chi connectivity index (χ1v) is 10.5. The number of morpholine rings is 1. The van der Waals surface area contributed by atoms with E-state index in [1.54, 1.807) is 27.9 Å². The van der Waals surface area contributed by atoms with Gasteiger partial charge in [-0.25, -0.2) is 4.68 Å². The number of carbonyl (C=O) groups excluding carboxylic acids is 2. The highest BCUT2D eigenvalue weighted by molar-refractivity contribution is 14.1. The predicted molar refractivity (Wildman–Crippen MR) is 123 cm³/mol. The van der Waals surface area contributed by atoms with Crippen LogP contribution in [0.3, 0.4) is 0 Å². The summed E-state index contributed by atoms with van der Waals surface area (Å²) in [6.07, 6.45) is 2.48. The van der Waals surface area contributed by atoms with Crippen molar-refractivity contribution in [2.24, 2.45) is 0 Å². The van der Waals surface area contributed by atoms with Gasteiger partial charge in [0.05, 0.1) is 36.3 Å². The zero-order chi connectivity index (χ0) is 21.1. The third-order valence-corrected chi connectivity index (χ3v) is 5.77. The molecule has 0 atom stereocenters. The second-order valence-electron chi connectivity index (χ2n) is 6.78. The minimum Gasteiger partial charge on any atom is -0.394 e. The van der Waals surface area contributed by atoms with Crippen LogP contribution in [0.1, 0.15) is 20.7 Å². The molecule has 0 aliphatic carbocycles. The number of nitrogen functional groups attached to an aromatic ring is 1. The number of anilines is 3. The van der Waals surface area contributed by atoms with E-state index in [4.69, 9.17) is 10.5 Å². The van der Waals surface area contributed by atoms with Crippen molar-refractivity contribution in [1.29, 1.82) is 0 Å². The number of aromatic nitrogens is 2. The molecule has 4 rings (SSSR count). The fourth-order valence-electron chi connectivity index (χ4n) is 3.23. The molecule has 8 nitrogen and oxygen atoms in total. The standard InChI is InChI=1S/C21H20IN5O3/c22-17-2-1-3-19(16(17)13-28)27-12-18(23)20(25-27)24-15-6-4-14(5-7-15)21(29)26-8-10-30-11-9-26/h1-7,12-13H,8-11,23H2,(H,24,25). The lowest BCUT2D eigenvalue weighted by atomic mass is 10.1. The molecule has 0 saturated carbocycles. The Bertz CT molecular complexity index is 1070. The van der Waals surface area contributed by atoms with E-state index in [-0.39, 0.29) is 5.91 Å². The zero-order valence-electron chi connectivity index (χ0n) is 16.0. The first kappa shape index (κ1) is 20.4. The summed E-state index contributed by atoms with van der Waals surface area (Å²) in [5, 5.41) is 7.65. The number of nitrogens with zero attached hydrogens (tertiary/aromatic N) is 3. The van der Waals surface area contributed by atoms with Crippen LogP contribution in [0.2, 0.25) is 0 Å². The smallest absolute Gasteiger partial charge is 0.254 e. The van der Waals surface area contributed by atoms with Crippen LogP contribution in [-0.4, -0.2) is 53.2 Å². The second-order valence-corrected chi connectivity index (χ2v) is 7.94. The number of rotatable bonds is 5. The zero-order valence-corrected chi connectivity index (χ0v) is 18.2. The number of ether oxygens (including phenoxy) is 1. The molecule has 2 aromatic carbocycles. The van der Waals surface area contributed by atoms with Crippen molar-refractivity contribution < 1.29 is 14.3 Å². The van der Waals surface area contributed by atoms with Gasteiger partial charge in [0.2, 0.25) is 0 Å². The third-order valence-electron chi connectivity index (χ3n) is 4.83. The lowest BCUT2D eigenvalue weighted by Crippen LogP contribution is -2.40. The van der Waals surface area contributed by atoms with Crippen LogP contribution in [-0.2, 0) is 4.74 Å². The maximum Gasteiger partial charge on any atom is 0.254 e. The summed E-state index contributed by atoms with van der Waals surface area (Å²) in [5.41, 5.74) is 9.15. The Morgan fingerprint density at radius 3 is 2.60 bits per heavy atom. The quantitative estimate of drug-likeness (QED) is 0.399. The minimum atomic E-state index is -0.00582. The molecule has 0 bridgehead atoms. The van der Waals surface area contributed by atoms with E-state index in [0.717, 1.165) is 15.5 Å². The average molecular weight is 517 g/mol. The fourth-order valence-corrected chi connectivity index (χ4v) is 3.84. The van der Waals surface area contributed by atoms with Crippen molar-refractivity contribution in [1.82, 2.24) is 14.7 Å². The largest absolute Gasteiger partial charge is 0.394 e. The lowest BCUT2D eigenvalue weighted by molar-refractivity contribution is 0.0303. The van der Waals surface area contributed by atoms with Gasteiger partial charge in [-0.15, -0.1) is 5.10 Å². The van der Waals surface area contributed by atoms with E-state index in [9.17, 15) is 9.59 Å². The number of aldehydes is 1. The van der Waals surface area contributed by atoms with E-state index in [1.165, 1.54) is 0 Å². The van der Waals surface area contributed by atoms with Crippen molar-refractivity contribution in [3.63, 3.8) is 0 Å². The molecule has 154 valence electrons. The molecule has 0 spiro atoms. The molecule has 30 heavy (non-hydrogen) atoms. The number of hydrogen-bond donors (Lipinski definition) is 2. The molecular formula is C21H20IN5O3. The van der Waals surface area contributed by atoms with Crippen molar-refractivity contribution in [2.75, 3.05) is 37.4 Å². The highest BCUT2D eigenvalue weighted by Crippen LogP contribution is 2.26. The van der Waals surface area contributed by atoms with Gasteiger partial charge in [0.25, 0.3) is 5.91 Å². The van der Waals surface area contributed by atoms with Crippen molar-refractivity contribution in [3.8, 4) is 5.69 Å². The van der Waals surface area contributed by atoms with Gasteiger partial charge in [-0.3, -0.25) is 9.59 Å². The van der Waals surface area contributed by atoms with Crippen molar-refractivity contribution in [2.45, 2.75) is 0 Å². The normalized spacial score (nSPS) is 13.8. The lowest BCUT2D eigenvalue weighted by Gasteiger charge is -2.26. The van der Waals surface area contributed by atoms with Gasteiger partial charge in [0.15, 0.2) is 12.1 Å². The van der Waals surface area contributed by atoms with E-state index >= 15 is 0 Å². The Morgan fingerprint density at radius 1 is 1.17 bits per heavy atom. The minimum absolute atomic E-state index is 0.00582. The summed E-state index contributed by atoms with van der Waals surface area (Å²) in [7, 11) is 0. The van der Waals surface area contributed by atoms with Crippen LogP contribution in [0.25, 0.3) is 5.69 Å². The van der Waals surface area contributed by atoms with E-state index < -0.39 is 0 Å². The SMILES string of the molecule is Nc1cn(-c2cccc(I)c2C=O)nc1Nc1ccc(C(=O)N2CCOCC2)cc1. The van der Waals surface area contributed by atoms with Crippen molar-refractivity contribution >= 4 is 52.0 Å². The Morgan fingerprint density at radius 2 is 1.90 bits per heavy atom. The second kappa shape index (κ2) is 8.84. The first-order valence-electron chi connectivity index (χ1n) is 9.40. The van der Waals surface area contributed by atoms with Gasteiger partial charge in [0, 0.05) is 27.9 Å². The van der Waals surface area contributed by atoms with Crippen molar-refractivity contribution in [3.05, 3.63) is 63.4 Å². The molecule has 0 radical (unpaired) electrons. The summed E-state index contributed by atoms with van der Waals surface area (Å²) in [4.78, 5) is 25.8. The molecule has 2 heterocycles. The number of hydrogen-bond acceptors (Lipinski definition) is 6.